The van der Waals surface area contributed by atoms with Crippen molar-refractivity contribution in [3.8, 4) is 22.7 Å². The first-order valence-electron chi connectivity index (χ1n) is 9.07. The van der Waals surface area contributed by atoms with E-state index in [1.54, 1.807) is 0 Å². The van der Waals surface area contributed by atoms with Crippen LogP contribution in [-0.2, 0) is 11.3 Å². The SMILES string of the molecule is CCNC(=O)C[NH+](CC)Cc1nnc(-c2c(-c3ccccc3)noc2C)o1. The second kappa shape index (κ2) is 8.59. The van der Waals surface area contributed by atoms with Crippen LogP contribution in [0.4, 0.5) is 0 Å². The summed E-state index contributed by atoms with van der Waals surface area (Å²) in [4.78, 5) is 12.9. The molecule has 0 saturated heterocycles. The number of hydrogen-bond acceptors (Lipinski definition) is 6. The molecule has 0 aliphatic heterocycles. The van der Waals surface area contributed by atoms with Gasteiger partial charge in [0.2, 0.25) is 0 Å². The number of aryl methyl sites for hydroxylation is 1. The summed E-state index contributed by atoms with van der Waals surface area (Å²) < 4.78 is 11.2. The summed E-state index contributed by atoms with van der Waals surface area (Å²) in [6.07, 6.45) is 0. The summed E-state index contributed by atoms with van der Waals surface area (Å²) in [5, 5.41) is 15.3. The van der Waals surface area contributed by atoms with Crippen molar-refractivity contribution in [3.63, 3.8) is 0 Å². The molecule has 3 aromatic rings. The molecule has 0 aliphatic rings. The van der Waals surface area contributed by atoms with Gasteiger partial charge in [-0.25, -0.2) is 0 Å². The molecule has 0 radical (unpaired) electrons. The van der Waals surface area contributed by atoms with Crippen LogP contribution < -0.4 is 10.2 Å². The quantitative estimate of drug-likeness (QED) is 0.619. The highest BCUT2D eigenvalue weighted by Crippen LogP contribution is 2.33. The highest BCUT2D eigenvalue weighted by molar-refractivity contribution is 5.77. The predicted octanol–water partition coefficient (Wildman–Crippen LogP) is 1.24. The number of amides is 1. The zero-order valence-electron chi connectivity index (χ0n) is 15.8. The van der Waals surface area contributed by atoms with Gasteiger partial charge in [0.1, 0.15) is 17.0 Å². The largest absolute Gasteiger partial charge is 0.415 e. The van der Waals surface area contributed by atoms with Crippen molar-refractivity contribution >= 4 is 5.91 Å². The lowest BCUT2D eigenvalue weighted by Crippen LogP contribution is -3.11. The van der Waals surface area contributed by atoms with E-state index in [4.69, 9.17) is 8.94 Å². The summed E-state index contributed by atoms with van der Waals surface area (Å²) in [6.45, 7) is 7.97. The van der Waals surface area contributed by atoms with E-state index in [2.05, 4.69) is 20.7 Å². The Morgan fingerprint density at radius 2 is 1.96 bits per heavy atom. The van der Waals surface area contributed by atoms with Crippen molar-refractivity contribution < 1.29 is 18.6 Å². The molecule has 0 bridgehead atoms. The van der Waals surface area contributed by atoms with Crippen LogP contribution in [0.2, 0.25) is 0 Å². The van der Waals surface area contributed by atoms with Crippen molar-refractivity contribution in [3.05, 3.63) is 42.0 Å². The Kier molecular flexibility index (Phi) is 5.97. The lowest BCUT2D eigenvalue weighted by molar-refractivity contribution is -0.905. The van der Waals surface area contributed by atoms with Crippen molar-refractivity contribution in [2.45, 2.75) is 27.3 Å². The Hall–Kier alpha value is -3.00. The second-order valence-corrected chi connectivity index (χ2v) is 6.24. The van der Waals surface area contributed by atoms with E-state index in [1.165, 1.54) is 0 Å². The molecule has 2 aromatic heterocycles. The number of carbonyl (C=O) groups excluding carboxylic acids is 1. The van der Waals surface area contributed by atoms with E-state index in [1.807, 2.05) is 51.1 Å². The van der Waals surface area contributed by atoms with Gasteiger partial charge in [0.25, 0.3) is 17.7 Å². The third-order valence-corrected chi connectivity index (χ3v) is 4.28. The number of rotatable bonds is 8. The lowest BCUT2D eigenvalue weighted by Gasteiger charge is -2.14. The van der Waals surface area contributed by atoms with Gasteiger partial charge in [0.05, 0.1) is 6.54 Å². The number of hydrogen-bond donors (Lipinski definition) is 2. The van der Waals surface area contributed by atoms with Crippen LogP contribution in [0.1, 0.15) is 25.5 Å². The van der Waals surface area contributed by atoms with Gasteiger partial charge in [-0.05, 0) is 20.8 Å². The maximum atomic E-state index is 11.8. The summed E-state index contributed by atoms with van der Waals surface area (Å²) in [5.41, 5.74) is 2.29. The molecule has 27 heavy (non-hydrogen) atoms. The smallest absolute Gasteiger partial charge is 0.275 e. The number of benzene rings is 1. The Morgan fingerprint density at radius 3 is 2.67 bits per heavy atom. The zero-order chi connectivity index (χ0) is 19.2. The van der Waals surface area contributed by atoms with Crippen LogP contribution in [0.25, 0.3) is 22.7 Å². The second-order valence-electron chi connectivity index (χ2n) is 6.24. The van der Waals surface area contributed by atoms with Gasteiger partial charge in [-0.3, -0.25) is 4.79 Å². The van der Waals surface area contributed by atoms with Gasteiger partial charge in [-0.1, -0.05) is 35.5 Å². The minimum atomic E-state index is 0.00957. The molecule has 0 fully saturated rings. The number of nitrogens with zero attached hydrogens (tertiary/aromatic N) is 3. The fourth-order valence-corrected chi connectivity index (χ4v) is 2.86. The van der Waals surface area contributed by atoms with Gasteiger partial charge in [-0.15, -0.1) is 10.2 Å². The molecule has 1 atom stereocenters. The third kappa shape index (κ3) is 4.40. The molecule has 1 unspecified atom stereocenters. The summed E-state index contributed by atoms with van der Waals surface area (Å²) >= 11 is 0. The first kappa shape index (κ1) is 18.8. The fraction of sp³-hybridized carbons (Fsp3) is 0.368. The van der Waals surface area contributed by atoms with Crippen LogP contribution >= 0.6 is 0 Å². The van der Waals surface area contributed by atoms with E-state index >= 15 is 0 Å². The zero-order valence-corrected chi connectivity index (χ0v) is 15.8. The molecule has 142 valence electrons. The average molecular weight is 370 g/mol. The normalized spacial score (nSPS) is 12.1. The van der Waals surface area contributed by atoms with Crippen molar-refractivity contribution in [2.75, 3.05) is 19.6 Å². The van der Waals surface area contributed by atoms with Crippen LogP contribution in [0.3, 0.4) is 0 Å². The highest BCUT2D eigenvalue weighted by atomic mass is 16.5. The Balaban J connectivity index is 1.80. The Bertz CT molecular complexity index is 888. The minimum Gasteiger partial charge on any atom is -0.415 e. The van der Waals surface area contributed by atoms with Crippen LogP contribution in [0, 0.1) is 6.92 Å². The van der Waals surface area contributed by atoms with Crippen molar-refractivity contribution in [2.24, 2.45) is 0 Å². The number of quaternary nitrogens is 1. The summed E-state index contributed by atoms with van der Waals surface area (Å²) in [6, 6.07) is 9.72. The molecule has 8 nitrogen and oxygen atoms in total. The first-order valence-corrected chi connectivity index (χ1v) is 9.07. The molecule has 8 heteroatoms. The van der Waals surface area contributed by atoms with Gasteiger partial charge in [-0.2, -0.15) is 0 Å². The predicted molar refractivity (Wildman–Crippen MR) is 98.7 cm³/mol. The maximum absolute atomic E-state index is 11.8. The molecule has 0 spiro atoms. The summed E-state index contributed by atoms with van der Waals surface area (Å²) in [7, 11) is 0. The summed E-state index contributed by atoms with van der Waals surface area (Å²) in [5.74, 6) is 1.48. The van der Waals surface area contributed by atoms with Gasteiger partial charge >= 0.3 is 0 Å². The Labute approximate surface area is 157 Å². The van der Waals surface area contributed by atoms with E-state index in [9.17, 15) is 4.79 Å². The number of likely N-dealkylation sites (N-methyl/N-ethyl adjacent to an activating group) is 2. The molecular weight excluding hydrogens is 346 g/mol. The number of aromatic nitrogens is 3. The van der Waals surface area contributed by atoms with E-state index in [0.717, 1.165) is 17.0 Å². The maximum Gasteiger partial charge on any atom is 0.275 e. The first-order chi connectivity index (χ1) is 13.1. The van der Waals surface area contributed by atoms with Crippen molar-refractivity contribution in [1.82, 2.24) is 20.7 Å². The standard InChI is InChI=1S/C19H23N5O3/c1-4-20-15(25)11-24(5-2)12-16-21-22-19(26-16)17-13(3)27-23-18(17)14-9-7-6-8-10-14/h6-10H,4-5,11-12H2,1-3H3,(H,20,25)/p+1. The van der Waals surface area contributed by atoms with Gasteiger partial charge in [0, 0.05) is 12.1 Å². The van der Waals surface area contributed by atoms with Crippen LogP contribution in [-0.4, -0.2) is 40.9 Å². The highest BCUT2D eigenvalue weighted by Gasteiger charge is 2.23. The topological polar surface area (TPSA) is 98.5 Å². The van der Waals surface area contributed by atoms with E-state index < -0.39 is 0 Å². The third-order valence-electron chi connectivity index (χ3n) is 4.28. The molecule has 2 heterocycles. The van der Waals surface area contributed by atoms with Crippen LogP contribution in [0.15, 0.2) is 39.3 Å². The molecular formula is C19H24N5O3+. The Morgan fingerprint density at radius 1 is 1.19 bits per heavy atom. The van der Waals surface area contributed by atoms with E-state index in [-0.39, 0.29) is 5.91 Å². The molecule has 1 amide bonds. The molecule has 3 rings (SSSR count). The fourth-order valence-electron chi connectivity index (χ4n) is 2.86. The molecule has 0 aliphatic carbocycles. The van der Waals surface area contributed by atoms with Crippen molar-refractivity contribution in [1.29, 1.82) is 0 Å². The number of carbonyl (C=O) groups is 1. The molecule has 1 aromatic carbocycles. The van der Waals surface area contributed by atoms with Crippen LogP contribution in [0.5, 0.6) is 0 Å². The molecule has 0 saturated carbocycles. The molecule has 2 N–H and O–H groups in total. The van der Waals surface area contributed by atoms with E-state index in [0.29, 0.717) is 48.4 Å². The number of nitrogens with one attached hydrogen (secondary N) is 2. The minimum absolute atomic E-state index is 0.00957. The van der Waals surface area contributed by atoms with Gasteiger partial charge in [0.15, 0.2) is 13.1 Å². The van der Waals surface area contributed by atoms with Gasteiger partial charge < -0.3 is 19.2 Å². The average Bonchev–Trinajstić information content (AvgIpc) is 3.28. The lowest BCUT2D eigenvalue weighted by atomic mass is 10.1. The monoisotopic (exact) mass is 370 g/mol.